The molecule has 47 heavy (non-hydrogen) atoms. The van der Waals surface area contributed by atoms with Gasteiger partial charge in [-0.1, -0.05) is 30.3 Å². The van der Waals surface area contributed by atoms with Crippen molar-refractivity contribution in [2.75, 3.05) is 20.2 Å². The molecule has 4 aromatic rings. The number of aromatic nitrogens is 6. The van der Waals surface area contributed by atoms with Gasteiger partial charge in [-0.3, -0.25) is 0 Å². The van der Waals surface area contributed by atoms with E-state index in [-0.39, 0.29) is 30.8 Å². The van der Waals surface area contributed by atoms with Crippen LogP contribution >= 0.6 is 0 Å². The summed E-state index contributed by atoms with van der Waals surface area (Å²) in [5, 5.41) is 0. The summed E-state index contributed by atoms with van der Waals surface area (Å²) < 4.78 is 58.3. The van der Waals surface area contributed by atoms with Gasteiger partial charge in [0.05, 0.1) is 18.4 Å². The van der Waals surface area contributed by atoms with Crippen molar-refractivity contribution in [3.63, 3.8) is 0 Å². The number of imidazole rings is 1. The van der Waals surface area contributed by atoms with Crippen LogP contribution in [0.25, 0.3) is 28.3 Å². The van der Waals surface area contributed by atoms with Crippen LogP contribution in [0.2, 0.25) is 0 Å². The maximum absolute atomic E-state index is 13.2. The van der Waals surface area contributed by atoms with Gasteiger partial charge in [0, 0.05) is 44.0 Å². The smallest absolute Gasteiger partial charge is 0.434 e. The first-order valence-electron chi connectivity index (χ1n) is 15.1. The molecule has 0 atom stereocenters. The lowest BCUT2D eigenvalue weighted by atomic mass is 10.1. The molecule has 0 spiro atoms. The molecule has 2 aliphatic rings. The van der Waals surface area contributed by atoms with Crippen LogP contribution < -0.4 is 9.47 Å². The third-order valence-corrected chi connectivity index (χ3v) is 7.65. The summed E-state index contributed by atoms with van der Waals surface area (Å²) in [6, 6.07) is 6.91. The molecule has 14 heteroatoms. The zero-order chi connectivity index (χ0) is 33.5. The summed E-state index contributed by atoms with van der Waals surface area (Å²) in [5.41, 5.74) is 2.49. The van der Waals surface area contributed by atoms with Gasteiger partial charge in [-0.2, -0.15) is 18.2 Å². The predicted octanol–water partition coefficient (Wildman–Crippen LogP) is 6.45. The number of alkyl halides is 3. The normalized spacial score (nSPS) is 15.1. The zero-order valence-electron chi connectivity index (χ0n) is 26.6. The fourth-order valence-electron chi connectivity index (χ4n) is 5.22. The molecule has 1 saturated carbocycles. The van der Waals surface area contributed by atoms with Crippen LogP contribution in [-0.4, -0.2) is 66.3 Å². The van der Waals surface area contributed by atoms with E-state index in [1.807, 2.05) is 26.8 Å². The maximum Gasteiger partial charge on any atom is 0.434 e. The fourth-order valence-corrected chi connectivity index (χ4v) is 5.22. The molecule has 3 aromatic heterocycles. The van der Waals surface area contributed by atoms with Crippen molar-refractivity contribution in [3.05, 3.63) is 71.6 Å². The third-order valence-electron chi connectivity index (χ3n) is 7.65. The van der Waals surface area contributed by atoms with Gasteiger partial charge in [-0.15, -0.1) is 0 Å². The SMILES string of the molecule is COc1ncnc(C2CC2)c1-c1ncc(C2=CCN(C(=O)OC(C)(C)C)C2)c(OCc2ccc(-c3nc(C(F)(F)F)cn3C)cc2)n1. The molecule has 1 aromatic carbocycles. The van der Waals surface area contributed by atoms with Crippen LogP contribution in [0.1, 0.15) is 62.0 Å². The summed E-state index contributed by atoms with van der Waals surface area (Å²) in [6.07, 6.45) is 3.02. The minimum atomic E-state index is -4.54. The number of aryl methyl sites for hydroxylation is 1. The lowest BCUT2D eigenvalue weighted by Crippen LogP contribution is -2.35. The number of amides is 1. The molecular weight excluding hydrogens is 615 g/mol. The number of hydrogen-bond donors (Lipinski definition) is 0. The fraction of sp³-hybridized carbons (Fsp3) is 0.394. The Labute approximate surface area is 269 Å². The van der Waals surface area contributed by atoms with Crippen LogP contribution in [0, 0.1) is 0 Å². The molecule has 4 heterocycles. The summed E-state index contributed by atoms with van der Waals surface area (Å²) in [6.45, 7) is 6.16. The van der Waals surface area contributed by atoms with Crippen molar-refractivity contribution in [1.29, 1.82) is 0 Å². The number of carbonyl (C=O) groups excluding carboxylic acids is 1. The number of methoxy groups -OCH3 is 1. The third kappa shape index (κ3) is 7.05. The van der Waals surface area contributed by atoms with E-state index in [9.17, 15) is 18.0 Å². The molecule has 0 bridgehead atoms. The van der Waals surface area contributed by atoms with Crippen LogP contribution in [0.4, 0.5) is 18.0 Å². The average molecular weight is 650 g/mol. The molecule has 6 rings (SSSR count). The second-order valence-electron chi connectivity index (χ2n) is 12.5. The van der Waals surface area contributed by atoms with Crippen molar-refractivity contribution >= 4 is 11.7 Å². The highest BCUT2D eigenvalue weighted by Gasteiger charge is 2.35. The van der Waals surface area contributed by atoms with Crippen molar-refractivity contribution in [2.24, 2.45) is 7.05 Å². The first-order chi connectivity index (χ1) is 22.3. The lowest BCUT2D eigenvalue weighted by molar-refractivity contribution is -0.140. The Morgan fingerprint density at radius 2 is 1.77 bits per heavy atom. The molecule has 11 nitrogen and oxygen atoms in total. The highest BCUT2D eigenvalue weighted by atomic mass is 19.4. The van der Waals surface area contributed by atoms with Crippen LogP contribution in [-0.2, 0) is 24.6 Å². The molecular formula is C33H34F3N7O4. The summed E-state index contributed by atoms with van der Waals surface area (Å²) in [5.74, 6) is 1.44. The Bertz CT molecular complexity index is 1830. The maximum atomic E-state index is 13.2. The monoisotopic (exact) mass is 649 g/mol. The van der Waals surface area contributed by atoms with Gasteiger partial charge in [0.25, 0.3) is 0 Å². The number of benzene rings is 1. The Balaban J connectivity index is 1.29. The van der Waals surface area contributed by atoms with E-state index in [1.54, 1.807) is 35.4 Å². The largest absolute Gasteiger partial charge is 0.480 e. The Morgan fingerprint density at radius 1 is 1.02 bits per heavy atom. The summed E-state index contributed by atoms with van der Waals surface area (Å²) in [7, 11) is 3.05. The molecule has 0 saturated heterocycles. The molecule has 0 radical (unpaired) electrons. The number of hydrogen-bond acceptors (Lipinski definition) is 9. The second-order valence-corrected chi connectivity index (χ2v) is 12.5. The van der Waals surface area contributed by atoms with Crippen molar-refractivity contribution in [3.8, 4) is 34.5 Å². The summed E-state index contributed by atoms with van der Waals surface area (Å²) in [4.78, 5) is 36.4. The topological polar surface area (TPSA) is 117 Å². The van der Waals surface area contributed by atoms with Crippen LogP contribution in [0.15, 0.2) is 49.1 Å². The first kappa shape index (κ1) is 32.0. The zero-order valence-corrected chi connectivity index (χ0v) is 26.6. The number of carbonyl (C=O) groups is 1. The van der Waals surface area contributed by atoms with Crippen molar-refractivity contribution in [2.45, 2.75) is 57.9 Å². The van der Waals surface area contributed by atoms with Crippen molar-refractivity contribution in [1.82, 2.24) is 34.4 Å². The molecule has 246 valence electrons. The van der Waals surface area contributed by atoms with Gasteiger partial charge in [-0.05, 0) is 44.7 Å². The lowest BCUT2D eigenvalue weighted by Gasteiger charge is -2.24. The molecule has 1 amide bonds. The number of ether oxygens (including phenoxy) is 3. The second kappa shape index (κ2) is 12.3. The Morgan fingerprint density at radius 3 is 2.40 bits per heavy atom. The molecule has 0 unspecified atom stereocenters. The average Bonchev–Trinajstić information content (AvgIpc) is 3.61. The molecule has 1 fully saturated rings. The highest BCUT2D eigenvalue weighted by Crippen LogP contribution is 2.45. The number of halogens is 3. The molecule has 0 N–H and O–H groups in total. The van der Waals surface area contributed by atoms with Crippen LogP contribution in [0.5, 0.6) is 11.8 Å². The predicted molar refractivity (Wildman–Crippen MR) is 165 cm³/mol. The van der Waals surface area contributed by atoms with Crippen LogP contribution in [0.3, 0.4) is 0 Å². The number of rotatable bonds is 8. The minimum absolute atomic E-state index is 0.0963. The standard InChI is InChI=1S/C33H34F3N7O4/c1-32(2,3)47-31(44)43-13-12-22(15-43)23-14-37-27(25-26(20-10-11-20)38-18-39-30(25)45-5)41-29(23)46-17-19-6-8-21(9-7-19)28-40-24(16-42(28)4)33(34,35)36/h6-9,12,14,16,18,20H,10-11,13,15,17H2,1-5H3. The number of nitrogens with zero attached hydrogens (tertiary/aromatic N) is 7. The van der Waals surface area contributed by atoms with E-state index in [1.165, 1.54) is 25.1 Å². The van der Waals surface area contributed by atoms with Gasteiger partial charge in [0.15, 0.2) is 11.5 Å². The van der Waals surface area contributed by atoms with E-state index in [2.05, 4.69) is 19.9 Å². The van der Waals surface area contributed by atoms with E-state index in [0.717, 1.165) is 35.9 Å². The van der Waals surface area contributed by atoms with E-state index >= 15 is 0 Å². The first-order valence-corrected chi connectivity index (χ1v) is 15.1. The van der Waals surface area contributed by atoms with E-state index in [0.29, 0.717) is 34.9 Å². The highest BCUT2D eigenvalue weighted by molar-refractivity contribution is 5.79. The van der Waals surface area contributed by atoms with Gasteiger partial charge in [0.1, 0.15) is 29.9 Å². The Kier molecular flexibility index (Phi) is 8.36. The van der Waals surface area contributed by atoms with Gasteiger partial charge >= 0.3 is 12.3 Å². The van der Waals surface area contributed by atoms with Gasteiger partial charge in [-0.25, -0.2) is 24.7 Å². The van der Waals surface area contributed by atoms with E-state index < -0.39 is 23.6 Å². The summed E-state index contributed by atoms with van der Waals surface area (Å²) >= 11 is 0. The van der Waals surface area contributed by atoms with Crippen molar-refractivity contribution < 1.29 is 32.2 Å². The molecule has 1 aliphatic carbocycles. The Hall–Kier alpha value is -5.01. The van der Waals surface area contributed by atoms with Gasteiger partial charge < -0.3 is 23.7 Å². The molecule has 1 aliphatic heterocycles. The van der Waals surface area contributed by atoms with Gasteiger partial charge in [0.2, 0.25) is 11.8 Å². The quantitative estimate of drug-likeness (QED) is 0.212. The van der Waals surface area contributed by atoms with E-state index in [4.69, 9.17) is 19.2 Å². The minimum Gasteiger partial charge on any atom is -0.480 e.